The summed E-state index contributed by atoms with van der Waals surface area (Å²) in [5.41, 5.74) is 0.703. The average Bonchev–Trinajstić information content (AvgIpc) is 2.89. The molecule has 0 saturated heterocycles. The van der Waals surface area contributed by atoms with Gasteiger partial charge in [0.05, 0.1) is 13.2 Å². The van der Waals surface area contributed by atoms with Gasteiger partial charge in [0.2, 0.25) is 5.78 Å². The molecule has 6 nitrogen and oxygen atoms in total. The molecule has 0 unspecified atom stereocenters. The Morgan fingerprint density at radius 3 is 2.68 bits per heavy atom. The van der Waals surface area contributed by atoms with Gasteiger partial charge in [0.1, 0.15) is 10.7 Å². The number of nitro groups is 1. The van der Waals surface area contributed by atoms with E-state index in [4.69, 9.17) is 9.15 Å². The molecule has 6 heteroatoms. The highest BCUT2D eigenvalue weighted by Gasteiger charge is 2.18. The van der Waals surface area contributed by atoms with Gasteiger partial charge in [0, 0.05) is 12.0 Å². The van der Waals surface area contributed by atoms with Gasteiger partial charge < -0.3 is 9.15 Å². The summed E-state index contributed by atoms with van der Waals surface area (Å²) in [6.45, 7) is 0. The van der Waals surface area contributed by atoms with Crippen molar-refractivity contribution in [3.05, 3.63) is 57.8 Å². The van der Waals surface area contributed by atoms with Crippen LogP contribution in [0.1, 0.15) is 16.1 Å². The lowest BCUT2D eigenvalue weighted by Gasteiger charge is -2.05. The van der Waals surface area contributed by atoms with Crippen LogP contribution in [0.5, 0.6) is 5.75 Å². The van der Waals surface area contributed by atoms with E-state index in [1.807, 2.05) is 0 Å². The largest absolute Gasteiger partial charge is 0.496 e. The zero-order valence-corrected chi connectivity index (χ0v) is 10.2. The maximum absolute atomic E-state index is 11.9. The minimum Gasteiger partial charge on any atom is -0.496 e. The number of hydrogen-bond donors (Lipinski definition) is 0. The lowest BCUT2D eigenvalue weighted by atomic mass is 10.1. The summed E-state index contributed by atoms with van der Waals surface area (Å²) in [4.78, 5) is 21.7. The number of carbonyl (C=O) groups excluding carboxylic acids is 1. The zero-order valence-electron chi connectivity index (χ0n) is 10.2. The number of nitrogens with zero attached hydrogens (tertiary/aromatic N) is 1. The Morgan fingerprint density at radius 1 is 1.32 bits per heavy atom. The molecule has 1 aromatic heterocycles. The number of rotatable bonds is 5. The number of methoxy groups -OCH3 is 1. The summed E-state index contributed by atoms with van der Waals surface area (Å²) in [6.07, 6.45) is 0.0642. The quantitative estimate of drug-likeness (QED) is 0.469. The molecule has 2 aromatic rings. The van der Waals surface area contributed by atoms with Crippen LogP contribution >= 0.6 is 0 Å². The van der Waals surface area contributed by atoms with Crippen molar-refractivity contribution in [2.45, 2.75) is 6.42 Å². The van der Waals surface area contributed by atoms with Crippen LogP contribution in [0, 0.1) is 10.1 Å². The summed E-state index contributed by atoms with van der Waals surface area (Å²) >= 11 is 0. The van der Waals surface area contributed by atoms with Gasteiger partial charge in [-0.3, -0.25) is 14.9 Å². The lowest BCUT2D eigenvalue weighted by Crippen LogP contribution is -2.03. The van der Waals surface area contributed by atoms with Gasteiger partial charge in [-0.2, -0.15) is 0 Å². The molecule has 2 rings (SSSR count). The monoisotopic (exact) mass is 261 g/mol. The first-order valence-corrected chi connectivity index (χ1v) is 5.51. The van der Waals surface area contributed by atoms with Crippen LogP contribution in [0.2, 0.25) is 0 Å². The first kappa shape index (κ1) is 12.8. The van der Waals surface area contributed by atoms with Crippen molar-refractivity contribution in [2.75, 3.05) is 7.11 Å². The average molecular weight is 261 g/mol. The molecule has 0 aliphatic heterocycles. The van der Waals surface area contributed by atoms with Gasteiger partial charge in [-0.1, -0.05) is 18.2 Å². The van der Waals surface area contributed by atoms with E-state index in [9.17, 15) is 14.9 Å². The third kappa shape index (κ3) is 2.79. The van der Waals surface area contributed by atoms with Gasteiger partial charge >= 0.3 is 5.88 Å². The Hall–Kier alpha value is -2.63. The summed E-state index contributed by atoms with van der Waals surface area (Å²) in [6, 6.07) is 9.55. The number of para-hydroxylation sites is 1. The molecular formula is C13H11NO5. The number of hydrogen-bond acceptors (Lipinski definition) is 5. The van der Waals surface area contributed by atoms with E-state index in [1.165, 1.54) is 13.2 Å². The Balaban J connectivity index is 2.18. The topological polar surface area (TPSA) is 82.6 Å². The van der Waals surface area contributed by atoms with Crippen molar-refractivity contribution >= 4 is 11.7 Å². The third-order valence-electron chi connectivity index (χ3n) is 2.59. The van der Waals surface area contributed by atoms with Crippen molar-refractivity contribution in [1.29, 1.82) is 0 Å². The van der Waals surface area contributed by atoms with Crippen LogP contribution in [0.25, 0.3) is 0 Å². The minimum atomic E-state index is -0.681. The number of ether oxygens (including phenoxy) is 1. The van der Waals surface area contributed by atoms with Crippen molar-refractivity contribution in [3.63, 3.8) is 0 Å². The molecule has 0 aliphatic carbocycles. The van der Waals surface area contributed by atoms with Crippen molar-refractivity contribution < 1.29 is 18.9 Å². The molecule has 19 heavy (non-hydrogen) atoms. The molecule has 1 heterocycles. The smallest absolute Gasteiger partial charge is 0.433 e. The van der Waals surface area contributed by atoms with E-state index < -0.39 is 10.8 Å². The molecule has 0 aliphatic rings. The van der Waals surface area contributed by atoms with Gasteiger partial charge in [0.25, 0.3) is 0 Å². The SMILES string of the molecule is COc1ccccc1CC(=O)c1ccc([N+](=O)[O-])o1. The summed E-state index contributed by atoms with van der Waals surface area (Å²) in [5, 5.41) is 10.5. The van der Waals surface area contributed by atoms with E-state index in [2.05, 4.69) is 0 Å². The molecule has 0 amide bonds. The molecule has 0 fully saturated rings. The van der Waals surface area contributed by atoms with E-state index in [-0.39, 0.29) is 18.0 Å². The number of Topliss-reactive ketones (excluding diaryl/α,β-unsaturated/α-hetero) is 1. The second-order valence-corrected chi connectivity index (χ2v) is 3.81. The fraction of sp³-hybridized carbons (Fsp3) is 0.154. The van der Waals surface area contributed by atoms with Crippen LogP contribution in [0.15, 0.2) is 40.8 Å². The fourth-order valence-corrected chi connectivity index (χ4v) is 1.68. The Labute approximate surface area is 108 Å². The normalized spacial score (nSPS) is 10.2. The number of furan rings is 1. The third-order valence-corrected chi connectivity index (χ3v) is 2.59. The van der Waals surface area contributed by atoms with Crippen molar-refractivity contribution in [3.8, 4) is 5.75 Å². The molecule has 0 spiro atoms. The summed E-state index contributed by atoms with van der Waals surface area (Å²) < 4.78 is 10.00. The Kier molecular flexibility index (Phi) is 3.61. The molecule has 0 radical (unpaired) electrons. The molecule has 0 atom stereocenters. The highest BCUT2D eigenvalue weighted by Crippen LogP contribution is 2.21. The second kappa shape index (κ2) is 5.34. The van der Waals surface area contributed by atoms with Crippen molar-refractivity contribution in [1.82, 2.24) is 0 Å². The molecule has 1 aromatic carbocycles. The lowest BCUT2D eigenvalue weighted by molar-refractivity contribution is -0.402. The maximum atomic E-state index is 11.9. The fourth-order valence-electron chi connectivity index (χ4n) is 1.68. The maximum Gasteiger partial charge on any atom is 0.433 e. The molecular weight excluding hydrogens is 250 g/mol. The van der Waals surface area contributed by atoms with E-state index >= 15 is 0 Å². The molecule has 0 bridgehead atoms. The van der Waals surface area contributed by atoms with Gasteiger partial charge in [-0.05, 0) is 12.1 Å². The standard InChI is InChI=1S/C13H11NO5/c1-18-11-5-3-2-4-9(11)8-10(15)12-6-7-13(19-12)14(16)17/h2-7H,8H2,1H3. The molecule has 0 N–H and O–H groups in total. The summed E-state index contributed by atoms with van der Waals surface area (Å²) in [5.74, 6) is -0.213. The van der Waals surface area contributed by atoms with Gasteiger partial charge in [-0.25, -0.2) is 0 Å². The van der Waals surface area contributed by atoms with E-state index in [0.717, 1.165) is 6.07 Å². The van der Waals surface area contributed by atoms with E-state index in [0.29, 0.717) is 11.3 Å². The number of carbonyl (C=O) groups is 1. The molecule has 0 saturated carbocycles. The highest BCUT2D eigenvalue weighted by atomic mass is 16.6. The first-order chi connectivity index (χ1) is 9.11. The van der Waals surface area contributed by atoms with Crippen LogP contribution in [0.3, 0.4) is 0 Å². The van der Waals surface area contributed by atoms with Crippen LogP contribution < -0.4 is 4.74 Å². The van der Waals surface area contributed by atoms with Crippen LogP contribution in [0.4, 0.5) is 5.88 Å². The Bertz CT molecular complexity index is 617. The predicted molar refractivity (Wildman–Crippen MR) is 66.4 cm³/mol. The Morgan fingerprint density at radius 2 is 2.05 bits per heavy atom. The minimum absolute atomic E-state index is 0.0300. The number of benzene rings is 1. The van der Waals surface area contributed by atoms with Crippen LogP contribution in [-0.2, 0) is 6.42 Å². The second-order valence-electron chi connectivity index (χ2n) is 3.81. The highest BCUT2D eigenvalue weighted by molar-refractivity contribution is 5.95. The number of ketones is 1. The van der Waals surface area contributed by atoms with Crippen LogP contribution in [-0.4, -0.2) is 17.8 Å². The van der Waals surface area contributed by atoms with E-state index in [1.54, 1.807) is 24.3 Å². The van der Waals surface area contributed by atoms with Crippen molar-refractivity contribution in [2.24, 2.45) is 0 Å². The van der Waals surface area contributed by atoms with Gasteiger partial charge in [-0.15, -0.1) is 0 Å². The summed E-state index contributed by atoms with van der Waals surface area (Å²) in [7, 11) is 1.51. The first-order valence-electron chi connectivity index (χ1n) is 5.51. The predicted octanol–water partition coefficient (Wildman–Crippen LogP) is 2.62. The zero-order chi connectivity index (χ0) is 13.8. The van der Waals surface area contributed by atoms with Gasteiger partial charge in [0.15, 0.2) is 5.76 Å². The molecule has 98 valence electrons.